The van der Waals surface area contributed by atoms with Crippen LogP contribution >= 0.6 is 39.1 Å². The Labute approximate surface area is 206 Å². The number of carbonyl (C=O) groups is 3. The van der Waals surface area contributed by atoms with Crippen LogP contribution in [0.5, 0.6) is 0 Å². The molecule has 13 heteroatoms. The Hall–Kier alpha value is -2.99. The fourth-order valence-corrected chi connectivity index (χ4v) is 3.80. The summed E-state index contributed by atoms with van der Waals surface area (Å²) in [6.45, 7) is 1.66. The van der Waals surface area contributed by atoms with Crippen molar-refractivity contribution < 1.29 is 19.1 Å². The van der Waals surface area contributed by atoms with Gasteiger partial charge in [-0.15, -0.1) is 0 Å². The summed E-state index contributed by atoms with van der Waals surface area (Å²) >= 11 is 15.6. The Balaban J connectivity index is 2.05. The molecule has 0 aliphatic carbocycles. The zero-order valence-electron chi connectivity index (χ0n) is 17.5. The molecule has 3 rings (SSSR count). The summed E-state index contributed by atoms with van der Waals surface area (Å²) < 4.78 is 6.26. The number of hydrazine groups is 1. The van der Waals surface area contributed by atoms with Gasteiger partial charge in [-0.25, -0.2) is 19.9 Å². The highest BCUT2D eigenvalue weighted by Crippen LogP contribution is 2.28. The van der Waals surface area contributed by atoms with Crippen molar-refractivity contribution in [3.05, 3.63) is 68.0 Å². The third kappa shape index (κ3) is 5.17. The monoisotopic (exact) mass is 554 g/mol. The first-order chi connectivity index (χ1) is 15.7. The van der Waals surface area contributed by atoms with Crippen molar-refractivity contribution in [3.8, 4) is 5.82 Å². The van der Waals surface area contributed by atoms with Crippen molar-refractivity contribution in [1.29, 1.82) is 0 Å². The van der Waals surface area contributed by atoms with E-state index in [1.54, 1.807) is 25.1 Å². The summed E-state index contributed by atoms with van der Waals surface area (Å²) in [6, 6.07) is 7.64. The fraction of sp³-hybridized carbons (Fsp3) is 0.150. The number of benzene rings is 1. The van der Waals surface area contributed by atoms with E-state index < -0.39 is 17.9 Å². The average Bonchev–Trinajstić information content (AvgIpc) is 3.17. The number of carbonyl (C=O) groups excluding carboxylic acids is 3. The molecule has 0 bridgehead atoms. The van der Waals surface area contributed by atoms with Gasteiger partial charge in [0.2, 0.25) is 0 Å². The second kappa shape index (κ2) is 10.3. The molecule has 0 aliphatic heterocycles. The van der Waals surface area contributed by atoms with Crippen molar-refractivity contribution in [1.82, 2.24) is 25.2 Å². The Morgan fingerprint density at radius 2 is 1.94 bits per heavy atom. The molecule has 0 unspecified atom stereocenters. The molecule has 3 aromatic rings. The standard InChI is InChI=1S/C20H17BrCl2N6O4/c1-10-7-11(22)8-12(19(31)29(24-2)20(32)33-3)16(10)26-18(30)14-9-15(21)27-28(14)17-13(23)5-4-6-25-17/h4-9,24H,1-3H3,(H,26,30). The van der Waals surface area contributed by atoms with Gasteiger partial charge in [-0.3, -0.25) is 9.59 Å². The van der Waals surface area contributed by atoms with Gasteiger partial charge in [0.15, 0.2) is 5.82 Å². The number of amides is 3. The van der Waals surface area contributed by atoms with Gasteiger partial charge >= 0.3 is 6.09 Å². The van der Waals surface area contributed by atoms with Crippen LogP contribution in [0.2, 0.25) is 10.0 Å². The summed E-state index contributed by atoms with van der Waals surface area (Å²) in [5.74, 6) is -1.15. The first kappa shape index (κ1) is 24.6. The molecule has 0 saturated carbocycles. The number of pyridine rings is 1. The van der Waals surface area contributed by atoms with Gasteiger partial charge in [0.25, 0.3) is 11.8 Å². The number of hydrogen-bond acceptors (Lipinski definition) is 7. The normalized spacial score (nSPS) is 10.6. The molecule has 172 valence electrons. The van der Waals surface area contributed by atoms with Crippen LogP contribution in [0.1, 0.15) is 26.4 Å². The summed E-state index contributed by atoms with van der Waals surface area (Å²) in [7, 11) is 2.50. The van der Waals surface area contributed by atoms with Crippen LogP contribution < -0.4 is 10.7 Å². The highest BCUT2D eigenvalue weighted by atomic mass is 79.9. The maximum Gasteiger partial charge on any atom is 0.431 e. The molecule has 0 atom stereocenters. The van der Waals surface area contributed by atoms with Gasteiger partial charge < -0.3 is 10.1 Å². The van der Waals surface area contributed by atoms with Crippen molar-refractivity contribution in [2.24, 2.45) is 0 Å². The second-order valence-corrected chi connectivity index (χ2v) is 8.16. The number of rotatable bonds is 5. The quantitative estimate of drug-likeness (QED) is 0.452. The van der Waals surface area contributed by atoms with E-state index >= 15 is 0 Å². The molecule has 2 aromatic heterocycles. The van der Waals surface area contributed by atoms with Crippen molar-refractivity contribution in [2.75, 3.05) is 19.5 Å². The van der Waals surface area contributed by atoms with Gasteiger partial charge in [-0.05, 0) is 52.7 Å². The van der Waals surface area contributed by atoms with Crippen LogP contribution in [-0.4, -0.2) is 51.8 Å². The third-order valence-electron chi connectivity index (χ3n) is 4.40. The molecule has 2 heterocycles. The average molecular weight is 556 g/mol. The van der Waals surface area contributed by atoms with Crippen LogP contribution in [0.15, 0.2) is 41.1 Å². The molecule has 0 spiro atoms. The number of nitrogens with one attached hydrogen (secondary N) is 2. The topological polar surface area (TPSA) is 118 Å². The number of aryl methyl sites for hydroxylation is 1. The highest BCUT2D eigenvalue weighted by molar-refractivity contribution is 9.10. The molecule has 0 fully saturated rings. The molecule has 3 amide bonds. The van der Waals surface area contributed by atoms with E-state index in [0.29, 0.717) is 15.2 Å². The highest BCUT2D eigenvalue weighted by Gasteiger charge is 2.28. The Morgan fingerprint density at radius 1 is 1.21 bits per heavy atom. The molecule has 0 saturated heterocycles. The first-order valence-electron chi connectivity index (χ1n) is 9.25. The summed E-state index contributed by atoms with van der Waals surface area (Å²) in [6.07, 6.45) is 0.571. The van der Waals surface area contributed by atoms with E-state index in [1.165, 1.54) is 30.1 Å². The smallest absolute Gasteiger partial charge is 0.431 e. The second-order valence-electron chi connectivity index (χ2n) is 6.51. The van der Waals surface area contributed by atoms with E-state index in [1.807, 2.05) is 0 Å². The van der Waals surface area contributed by atoms with Gasteiger partial charge in [-0.2, -0.15) is 10.1 Å². The van der Waals surface area contributed by atoms with Gasteiger partial charge in [0.1, 0.15) is 10.3 Å². The molecule has 2 N–H and O–H groups in total. The summed E-state index contributed by atoms with van der Waals surface area (Å²) in [5, 5.41) is 8.10. The van der Waals surface area contributed by atoms with E-state index in [0.717, 1.165) is 7.11 Å². The van der Waals surface area contributed by atoms with Gasteiger partial charge in [0, 0.05) is 24.3 Å². The van der Waals surface area contributed by atoms with E-state index in [-0.39, 0.29) is 32.8 Å². The minimum Gasteiger partial charge on any atom is -0.451 e. The largest absolute Gasteiger partial charge is 0.451 e. The molecule has 10 nitrogen and oxygen atoms in total. The molecule has 0 radical (unpaired) electrons. The number of aromatic nitrogens is 3. The van der Waals surface area contributed by atoms with Crippen LogP contribution in [0.4, 0.5) is 10.5 Å². The van der Waals surface area contributed by atoms with E-state index in [9.17, 15) is 14.4 Å². The zero-order valence-corrected chi connectivity index (χ0v) is 20.6. The fourth-order valence-electron chi connectivity index (χ4n) is 2.95. The zero-order chi connectivity index (χ0) is 24.3. The Morgan fingerprint density at radius 3 is 2.58 bits per heavy atom. The van der Waals surface area contributed by atoms with Gasteiger partial charge in [-0.1, -0.05) is 23.2 Å². The maximum absolute atomic E-state index is 13.2. The maximum atomic E-state index is 13.2. The number of anilines is 1. The minimum absolute atomic E-state index is 0.0332. The number of nitrogens with zero attached hydrogens (tertiary/aromatic N) is 4. The lowest BCUT2D eigenvalue weighted by atomic mass is 10.1. The molecular formula is C20H17BrCl2N6O4. The Bertz CT molecular complexity index is 1250. The molecular weight excluding hydrogens is 539 g/mol. The molecule has 0 aliphatic rings. The lowest BCUT2D eigenvalue weighted by Crippen LogP contribution is -2.45. The predicted molar refractivity (Wildman–Crippen MR) is 126 cm³/mol. The molecule has 33 heavy (non-hydrogen) atoms. The van der Waals surface area contributed by atoms with E-state index in [2.05, 4.69) is 41.5 Å². The van der Waals surface area contributed by atoms with Gasteiger partial charge in [0.05, 0.1) is 23.4 Å². The van der Waals surface area contributed by atoms with Crippen LogP contribution in [0.3, 0.4) is 0 Å². The number of hydrogen-bond donors (Lipinski definition) is 2. The predicted octanol–water partition coefficient (Wildman–Crippen LogP) is 4.24. The minimum atomic E-state index is -0.941. The lowest BCUT2D eigenvalue weighted by molar-refractivity contribution is 0.0628. The SMILES string of the molecule is CNN(C(=O)OC)C(=O)c1cc(Cl)cc(C)c1NC(=O)c1cc(Br)nn1-c1ncccc1Cl. The summed E-state index contributed by atoms with van der Waals surface area (Å²) in [5.41, 5.74) is 3.15. The van der Waals surface area contributed by atoms with Crippen LogP contribution in [0.25, 0.3) is 5.82 Å². The van der Waals surface area contributed by atoms with Crippen molar-refractivity contribution in [2.45, 2.75) is 6.92 Å². The van der Waals surface area contributed by atoms with Crippen LogP contribution in [0, 0.1) is 6.92 Å². The van der Waals surface area contributed by atoms with Crippen LogP contribution in [-0.2, 0) is 4.74 Å². The number of halogens is 3. The lowest BCUT2D eigenvalue weighted by Gasteiger charge is -2.21. The van der Waals surface area contributed by atoms with Crippen molar-refractivity contribution >= 4 is 62.7 Å². The van der Waals surface area contributed by atoms with E-state index in [4.69, 9.17) is 23.2 Å². The third-order valence-corrected chi connectivity index (χ3v) is 5.31. The number of ether oxygens (including phenoxy) is 1. The molecule has 1 aromatic carbocycles. The number of methoxy groups -OCH3 is 1. The Kier molecular flexibility index (Phi) is 7.69. The number of imide groups is 1. The summed E-state index contributed by atoms with van der Waals surface area (Å²) in [4.78, 5) is 42.5. The van der Waals surface area contributed by atoms with Crippen molar-refractivity contribution in [3.63, 3.8) is 0 Å². The first-order valence-corrected chi connectivity index (χ1v) is 10.8.